The summed E-state index contributed by atoms with van der Waals surface area (Å²) in [5.41, 5.74) is 0.652. The minimum atomic E-state index is 0. The van der Waals surface area contributed by atoms with Gasteiger partial charge in [0.2, 0.25) is 5.91 Å². The maximum Gasteiger partial charge on any atom is 0.224 e. The van der Waals surface area contributed by atoms with Crippen LogP contribution in [0.25, 0.3) is 0 Å². The zero-order chi connectivity index (χ0) is 12.1. The second-order valence-electron chi connectivity index (χ2n) is 4.50. The third kappa shape index (κ3) is 4.55. The first-order valence-electron chi connectivity index (χ1n) is 6.03. The van der Waals surface area contributed by atoms with Crippen LogP contribution in [0.2, 0.25) is 0 Å². The van der Waals surface area contributed by atoms with Crippen LogP contribution in [-0.2, 0) is 4.79 Å². The molecule has 2 rings (SSSR count). The van der Waals surface area contributed by atoms with Crippen molar-refractivity contribution in [2.45, 2.75) is 19.3 Å². The minimum Gasteiger partial charge on any atom is -0.508 e. The molecule has 5 heteroatoms. The highest BCUT2D eigenvalue weighted by Gasteiger charge is 2.15. The first-order valence-corrected chi connectivity index (χ1v) is 6.03. The molecule has 1 amide bonds. The Morgan fingerprint density at radius 2 is 2.33 bits per heavy atom. The van der Waals surface area contributed by atoms with Gasteiger partial charge in [-0.1, -0.05) is 6.07 Å². The molecule has 4 nitrogen and oxygen atoms in total. The largest absolute Gasteiger partial charge is 0.508 e. The average Bonchev–Trinajstić information content (AvgIpc) is 2.79. The quantitative estimate of drug-likeness (QED) is 0.786. The maximum atomic E-state index is 11.7. The van der Waals surface area contributed by atoms with Crippen LogP contribution in [0.3, 0.4) is 0 Å². The van der Waals surface area contributed by atoms with Gasteiger partial charge in [0, 0.05) is 18.2 Å². The highest BCUT2D eigenvalue weighted by Crippen LogP contribution is 2.17. The van der Waals surface area contributed by atoms with Gasteiger partial charge >= 0.3 is 0 Å². The zero-order valence-corrected chi connectivity index (χ0v) is 11.0. The second-order valence-corrected chi connectivity index (χ2v) is 4.50. The Morgan fingerprint density at radius 1 is 1.50 bits per heavy atom. The first-order chi connectivity index (χ1) is 8.24. The molecule has 1 aromatic carbocycles. The van der Waals surface area contributed by atoms with Gasteiger partial charge in [-0.2, -0.15) is 0 Å². The van der Waals surface area contributed by atoms with Crippen molar-refractivity contribution < 1.29 is 9.90 Å². The molecule has 1 heterocycles. The molecular weight excluding hydrogens is 252 g/mol. The molecule has 0 spiro atoms. The lowest BCUT2D eigenvalue weighted by atomic mass is 10.0. The molecule has 0 radical (unpaired) electrons. The number of anilines is 1. The minimum absolute atomic E-state index is 0. The van der Waals surface area contributed by atoms with Crippen LogP contribution >= 0.6 is 12.4 Å². The molecule has 18 heavy (non-hydrogen) atoms. The van der Waals surface area contributed by atoms with Gasteiger partial charge in [0.1, 0.15) is 5.75 Å². The fraction of sp³-hybridized carbons (Fsp3) is 0.462. The first kappa shape index (κ1) is 14.8. The monoisotopic (exact) mass is 270 g/mol. The van der Waals surface area contributed by atoms with E-state index < -0.39 is 0 Å². The van der Waals surface area contributed by atoms with E-state index in [0.29, 0.717) is 18.0 Å². The van der Waals surface area contributed by atoms with Gasteiger partial charge in [0.25, 0.3) is 0 Å². The fourth-order valence-electron chi connectivity index (χ4n) is 2.10. The van der Waals surface area contributed by atoms with E-state index in [1.54, 1.807) is 24.3 Å². The van der Waals surface area contributed by atoms with Gasteiger partial charge in [-0.15, -0.1) is 12.4 Å². The van der Waals surface area contributed by atoms with Crippen molar-refractivity contribution in [3.63, 3.8) is 0 Å². The van der Waals surface area contributed by atoms with Crippen LogP contribution in [0.4, 0.5) is 5.69 Å². The van der Waals surface area contributed by atoms with Crippen LogP contribution in [0.5, 0.6) is 5.75 Å². The van der Waals surface area contributed by atoms with Gasteiger partial charge in [0.05, 0.1) is 0 Å². The third-order valence-corrected chi connectivity index (χ3v) is 3.07. The van der Waals surface area contributed by atoms with E-state index in [-0.39, 0.29) is 24.1 Å². The SMILES string of the molecule is Cl.O=C(CCC1CCNC1)Nc1cccc(O)c1. The van der Waals surface area contributed by atoms with Gasteiger partial charge in [-0.3, -0.25) is 4.79 Å². The predicted octanol–water partition coefficient (Wildman–Crippen LogP) is 2.14. The number of aromatic hydroxyl groups is 1. The van der Waals surface area contributed by atoms with Crippen molar-refractivity contribution >= 4 is 24.0 Å². The normalized spacial score (nSPS) is 18.1. The molecule has 100 valence electrons. The number of amides is 1. The summed E-state index contributed by atoms with van der Waals surface area (Å²) in [5.74, 6) is 0.815. The molecule has 1 aromatic rings. The number of phenolic OH excluding ortho intramolecular Hbond substituents is 1. The highest BCUT2D eigenvalue weighted by atomic mass is 35.5. The van der Waals surface area contributed by atoms with E-state index in [9.17, 15) is 9.90 Å². The number of phenols is 1. The number of hydrogen-bond acceptors (Lipinski definition) is 3. The van der Waals surface area contributed by atoms with Crippen molar-refractivity contribution in [2.24, 2.45) is 5.92 Å². The highest BCUT2D eigenvalue weighted by molar-refractivity contribution is 5.90. The Hall–Kier alpha value is -1.26. The van der Waals surface area contributed by atoms with Gasteiger partial charge in [0.15, 0.2) is 0 Å². The van der Waals surface area contributed by atoms with E-state index >= 15 is 0 Å². The average molecular weight is 271 g/mol. The fourth-order valence-corrected chi connectivity index (χ4v) is 2.10. The van der Waals surface area contributed by atoms with Gasteiger partial charge < -0.3 is 15.7 Å². The second kappa shape index (κ2) is 7.24. The molecule has 0 aliphatic carbocycles. The lowest BCUT2D eigenvalue weighted by Crippen LogP contribution is -2.14. The molecule has 1 saturated heterocycles. The summed E-state index contributed by atoms with van der Waals surface area (Å²) in [6.45, 7) is 2.10. The Bertz CT molecular complexity index is 392. The number of halogens is 1. The Labute approximate surface area is 113 Å². The van der Waals surface area contributed by atoms with Crippen molar-refractivity contribution in [3.05, 3.63) is 24.3 Å². The van der Waals surface area contributed by atoms with Crippen molar-refractivity contribution in [1.82, 2.24) is 5.32 Å². The Morgan fingerprint density at radius 3 is 3.00 bits per heavy atom. The summed E-state index contributed by atoms with van der Waals surface area (Å²) >= 11 is 0. The summed E-state index contributed by atoms with van der Waals surface area (Å²) in [5, 5.41) is 15.3. The molecule has 0 saturated carbocycles. The molecular formula is C13H19ClN2O2. The molecule has 0 aromatic heterocycles. The molecule has 1 unspecified atom stereocenters. The number of rotatable bonds is 4. The molecule has 3 N–H and O–H groups in total. The standard InChI is InChI=1S/C13H18N2O2.ClH/c16-12-3-1-2-11(8-12)15-13(17)5-4-10-6-7-14-9-10;/h1-3,8,10,14,16H,4-7,9H2,(H,15,17);1H. The number of carbonyl (C=O) groups is 1. The summed E-state index contributed by atoms with van der Waals surface area (Å²) in [6, 6.07) is 6.62. The molecule has 1 atom stereocenters. The molecule has 1 fully saturated rings. The van der Waals surface area contributed by atoms with Gasteiger partial charge in [-0.25, -0.2) is 0 Å². The Kier molecular flexibility index (Phi) is 5.95. The zero-order valence-electron chi connectivity index (χ0n) is 10.2. The number of nitrogens with one attached hydrogen (secondary N) is 2. The summed E-state index contributed by atoms with van der Waals surface area (Å²) < 4.78 is 0. The summed E-state index contributed by atoms with van der Waals surface area (Å²) in [4.78, 5) is 11.7. The van der Waals surface area contributed by atoms with E-state index in [1.165, 1.54) is 6.42 Å². The van der Waals surface area contributed by atoms with E-state index in [0.717, 1.165) is 19.5 Å². The van der Waals surface area contributed by atoms with Crippen LogP contribution in [-0.4, -0.2) is 24.1 Å². The molecule has 1 aliphatic heterocycles. The van der Waals surface area contributed by atoms with Crippen molar-refractivity contribution in [3.8, 4) is 5.75 Å². The smallest absolute Gasteiger partial charge is 0.224 e. The summed E-state index contributed by atoms with van der Waals surface area (Å²) in [7, 11) is 0. The predicted molar refractivity (Wildman–Crippen MR) is 74.2 cm³/mol. The van der Waals surface area contributed by atoms with Crippen LogP contribution in [0, 0.1) is 5.92 Å². The van der Waals surface area contributed by atoms with Crippen LogP contribution in [0.15, 0.2) is 24.3 Å². The van der Waals surface area contributed by atoms with Crippen LogP contribution < -0.4 is 10.6 Å². The lowest BCUT2D eigenvalue weighted by molar-refractivity contribution is -0.116. The number of hydrogen-bond donors (Lipinski definition) is 3. The van der Waals surface area contributed by atoms with Gasteiger partial charge in [-0.05, 0) is 44.0 Å². The molecule has 0 bridgehead atoms. The maximum absolute atomic E-state index is 11.7. The molecule has 1 aliphatic rings. The van der Waals surface area contributed by atoms with E-state index in [2.05, 4.69) is 10.6 Å². The topological polar surface area (TPSA) is 61.4 Å². The third-order valence-electron chi connectivity index (χ3n) is 3.07. The van der Waals surface area contributed by atoms with Crippen molar-refractivity contribution in [1.29, 1.82) is 0 Å². The lowest BCUT2D eigenvalue weighted by Gasteiger charge is -2.08. The van der Waals surface area contributed by atoms with Crippen LogP contribution in [0.1, 0.15) is 19.3 Å². The number of benzene rings is 1. The Balaban J connectivity index is 0.00000162. The van der Waals surface area contributed by atoms with E-state index in [4.69, 9.17) is 0 Å². The van der Waals surface area contributed by atoms with E-state index in [1.807, 2.05) is 0 Å². The number of carbonyl (C=O) groups excluding carboxylic acids is 1. The van der Waals surface area contributed by atoms with Crippen molar-refractivity contribution in [2.75, 3.05) is 18.4 Å². The summed E-state index contributed by atoms with van der Waals surface area (Å²) in [6.07, 6.45) is 2.64.